The Morgan fingerprint density at radius 3 is 2.71 bits per heavy atom. The van der Waals surface area contributed by atoms with E-state index in [1.807, 2.05) is 13.8 Å². The average molecular weight is 234 g/mol. The van der Waals surface area contributed by atoms with E-state index < -0.39 is 6.10 Å². The molecule has 0 unspecified atom stereocenters. The van der Waals surface area contributed by atoms with Crippen LogP contribution in [0.3, 0.4) is 0 Å². The first-order chi connectivity index (χ1) is 8.02. The third-order valence-electron chi connectivity index (χ3n) is 1.79. The van der Waals surface area contributed by atoms with Crippen molar-refractivity contribution in [1.29, 1.82) is 0 Å². The average Bonchev–Trinajstić information content (AvgIpc) is 2.32. The molecule has 0 bridgehead atoms. The van der Waals surface area contributed by atoms with Crippen LogP contribution in [0.15, 0.2) is 24.8 Å². The lowest BCUT2D eigenvalue weighted by molar-refractivity contribution is 0.0393. The number of allylic oxidation sites excluding steroid dienone is 1. The lowest BCUT2D eigenvalue weighted by Gasteiger charge is -2.19. The maximum Gasteiger partial charge on any atom is 0.138 e. The van der Waals surface area contributed by atoms with Gasteiger partial charge in [0.25, 0.3) is 0 Å². The molecule has 3 nitrogen and oxygen atoms in total. The second-order valence-corrected chi connectivity index (χ2v) is 3.76. The zero-order valence-electron chi connectivity index (χ0n) is 10.2. The summed E-state index contributed by atoms with van der Waals surface area (Å²) in [5.41, 5.74) is -0.344. The Bertz CT molecular complexity index is 372. The molecular weight excluding hydrogens is 216 g/mol. The van der Waals surface area contributed by atoms with E-state index >= 15 is 0 Å². The number of rotatable bonds is 5. The molecule has 0 aromatic rings. The van der Waals surface area contributed by atoms with Crippen molar-refractivity contribution in [2.75, 3.05) is 13.2 Å². The molecule has 2 N–H and O–H groups in total. The minimum atomic E-state index is -1.02. The molecule has 0 aliphatic rings. The van der Waals surface area contributed by atoms with Gasteiger partial charge in [0.15, 0.2) is 0 Å². The Morgan fingerprint density at radius 2 is 2.12 bits per heavy atom. The first-order valence-corrected chi connectivity index (χ1v) is 5.24. The molecule has 0 fully saturated rings. The standard InChI is InChI=1S/C14H18O3/c1-4-14(2,3)17-11-9-7-5-6-8-10-13(16)12-15/h4,7,9,13,15-16H,1,11-12H2,2-3H3/b9-7+/t13-/m1/s1. The summed E-state index contributed by atoms with van der Waals surface area (Å²) in [5, 5.41) is 17.3. The lowest BCUT2D eigenvalue weighted by atomic mass is 10.1. The van der Waals surface area contributed by atoms with Gasteiger partial charge >= 0.3 is 0 Å². The van der Waals surface area contributed by atoms with Crippen molar-refractivity contribution in [2.24, 2.45) is 0 Å². The minimum absolute atomic E-state index is 0.344. The number of hydrogen-bond acceptors (Lipinski definition) is 3. The van der Waals surface area contributed by atoms with Crippen LogP contribution in [0.1, 0.15) is 13.8 Å². The molecule has 1 atom stereocenters. The first kappa shape index (κ1) is 15.5. The second kappa shape index (κ2) is 8.61. The van der Waals surface area contributed by atoms with Gasteiger partial charge in [0, 0.05) is 0 Å². The summed E-state index contributed by atoms with van der Waals surface area (Å²) >= 11 is 0. The maximum absolute atomic E-state index is 8.88. The largest absolute Gasteiger partial charge is 0.393 e. The molecule has 0 aromatic carbocycles. The lowest BCUT2D eigenvalue weighted by Crippen LogP contribution is -2.20. The van der Waals surface area contributed by atoms with Crippen molar-refractivity contribution < 1.29 is 14.9 Å². The van der Waals surface area contributed by atoms with Crippen LogP contribution in [-0.2, 0) is 4.74 Å². The number of aliphatic hydroxyl groups is 2. The highest BCUT2D eigenvalue weighted by Gasteiger charge is 2.10. The molecular formula is C14H18O3. The van der Waals surface area contributed by atoms with Gasteiger partial charge in [-0.3, -0.25) is 0 Å². The molecule has 0 spiro atoms. The van der Waals surface area contributed by atoms with Gasteiger partial charge in [0.05, 0.1) is 18.8 Å². The highest BCUT2D eigenvalue weighted by Crippen LogP contribution is 2.08. The number of aliphatic hydroxyl groups excluding tert-OH is 2. The van der Waals surface area contributed by atoms with E-state index in [9.17, 15) is 0 Å². The van der Waals surface area contributed by atoms with Crippen LogP contribution in [0.2, 0.25) is 0 Å². The fourth-order valence-corrected chi connectivity index (χ4v) is 0.672. The van der Waals surface area contributed by atoms with Gasteiger partial charge in [-0.15, -0.1) is 6.58 Å². The second-order valence-electron chi connectivity index (χ2n) is 3.76. The summed E-state index contributed by atoms with van der Waals surface area (Å²) in [7, 11) is 0. The Labute approximate surface area is 103 Å². The molecule has 0 saturated heterocycles. The van der Waals surface area contributed by atoms with E-state index in [1.165, 1.54) is 0 Å². The van der Waals surface area contributed by atoms with E-state index in [-0.39, 0.29) is 12.2 Å². The minimum Gasteiger partial charge on any atom is -0.393 e. The zero-order chi connectivity index (χ0) is 13.1. The van der Waals surface area contributed by atoms with Gasteiger partial charge in [0.2, 0.25) is 0 Å². The summed E-state index contributed by atoms with van der Waals surface area (Å²) in [6.45, 7) is 7.56. The fourth-order valence-electron chi connectivity index (χ4n) is 0.672. The SMILES string of the molecule is C=CC(C)(C)OC/C=C/C#CC#C[C@@H](O)CO. The highest BCUT2D eigenvalue weighted by molar-refractivity contribution is 5.31. The quantitative estimate of drug-likeness (QED) is 0.548. The van der Waals surface area contributed by atoms with Gasteiger partial charge in [-0.1, -0.05) is 24.0 Å². The Kier molecular flexibility index (Phi) is 7.84. The van der Waals surface area contributed by atoms with Crippen LogP contribution < -0.4 is 0 Å². The maximum atomic E-state index is 8.88. The van der Waals surface area contributed by atoms with Crippen molar-refractivity contribution in [1.82, 2.24) is 0 Å². The van der Waals surface area contributed by atoms with Gasteiger partial charge in [-0.2, -0.15) is 0 Å². The van der Waals surface area contributed by atoms with Gasteiger partial charge in [-0.05, 0) is 31.8 Å². The molecule has 0 aliphatic heterocycles. The van der Waals surface area contributed by atoms with Crippen LogP contribution in [0.5, 0.6) is 0 Å². The summed E-state index contributed by atoms with van der Waals surface area (Å²) in [6.07, 6.45) is 4.10. The number of hydrogen-bond donors (Lipinski definition) is 2. The summed E-state index contributed by atoms with van der Waals surface area (Å²) < 4.78 is 5.46. The van der Waals surface area contributed by atoms with Gasteiger partial charge in [-0.25, -0.2) is 0 Å². The smallest absolute Gasteiger partial charge is 0.138 e. The molecule has 92 valence electrons. The third kappa shape index (κ3) is 9.41. The van der Waals surface area contributed by atoms with Gasteiger partial charge < -0.3 is 14.9 Å². The van der Waals surface area contributed by atoms with Crippen LogP contribution in [0.25, 0.3) is 0 Å². The molecule has 3 heteroatoms. The van der Waals surface area contributed by atoms with Crippen LogP contribution in [0.4, 0.5) is 0 Å². The first-order valence-electron chi connectivity index (χ1n) is 5.24. The predicted octanol–water partition coefficient (Wildman–Crippen LogP) is 0.884. The summed E-state index contributed by atoms with van der Waals surface area (Å²) in [6, 6.07) is 0. The molecule has 0 radical (unpaired) electrons. The normalized spacial score (nSPS) is 12.2. The molecule has 0 heterocycles. The van der Waals surface area contributed by atoms with Crippen LogP contribution >= 0.6 is 0 Å². The van der Waals surface area contributed by atoms with E-state index in [4.69, 9.17) is 14.9 Å². The van der Waals surface area contributed by atoms with Crippen LogP contribution in [0, 0.1) is 23.7 Å². The molecule has 0 amide bonds. The van der Waals surface area contributed by atoms with E-state index in [0.717, 1.165) is 0 Å². The van der Waals surface area contributed by atoms with E-state index in [1.54, 1.807) is 18.2 Å². The molecule has 17 heavy (non-hydrogen) atoms. The third-order valence-corrected chi connectivity index (χ3v) is 1.79. The van der Waals surface area contributed by atoms with E-state index in [2.05, 4.69) is 30.3 Å². The highest BCUT2D eigenvalue weighted by atomic mass is 16.5. The Balaban J connectivity index is 3.92. The van der Waals surface area contributed by atoms with Crippen molar-refractivity contribution in [3.05, 3.63) is 24.8 Å². The Hall–Kier alpha value is -1.52. The zero-order valence-corrected chi connectivity index (χ0v) is 10.2. The van der Waals surface area contributed by atoms with Crippen molar-refractivity contribution in [2.45, 2.75) is 25.6 Å². The van der Waals surface area contributed by atoms with Crippen molar-refractivity contribution in [3.8, 4) is 23.7 Å². The fraction of sp³-hybridized carbons (Fsp3) is 0.429. The van der Waals surface area contributed by atoms with Crippen molar-refractivity contribution >= 4 is 0 Å². The van der Waals surface area contributed by atoms with E-state index in [0.29, 0.717) is 6.61 Å². The summed E-state index contributed by atoms with van der Waals surface area (Å²) in [5.74, 6) is 9.97. The van der Waals surface area contributed by atoms with Gasteiger partial charge in [0.1, 0.15) is 6.10 Å². The molecule has 0 aliphatic carbocycles. The molecule has 0 saturated carbocycles. The molecule has 0 aromatic heterocycles. The number of ether oxygens (including phenoxy) is 1. The molecule has 0 rings (SSSR count). The predicted molar refractivity (Wildman–Crippen MR) is 68.0 cm³/mol. The van der Waals surface area contributed by atoms with Crippen molar-refractivity contribution in [3.63, 3.8) is 0 Å². The monoisotopic (exact) mass is 234 g/mol. The summed E-state index contributed by atoms with van der Waals surface area (Å²) in [4.78, 5) is 0. The topological polar surface area (TPSA) is 49.7 Å². The Morgan fingerprint density at radius 1 is 1.41 bits per heavy atom. The van der Waals surface area contributed by atoms with Crippen LogP contribution in [-0.4, -0.2) is 35.1 Å².